The lowest BCUT2D eigenvalue weighted by atomic mass is 10.1. The second-order valence-corrected chi connectivity index (χ2v) is 3.90. The summed E-state index contributed by atoms with van der Waals surface area (Å²) in [6, 6.07) is 0. The summed E-state index contributed by atoms with van der Waals surface area (Å²) >= 11 is 0. The van der Waals surface area contributed by atoms with Gasteiger partial charge in [0.15, 0.2) is 0 Å². The summed E-state index contributed by atoms with van der Waals surface area (Å²) in [6.07, 6.45) is 4.25. The Morgan fingerprint density at radius 3 is 2.88 bits per heavy atom. The molecule has 0 bridgehead atoms. The van der Waals surface area contributed by atoms with Crippen LogP contribution in [0.2, 0.25) is 0 Å². The molecule has 94 valence electrons. The molecule has 1 rings (SSSR count). The van der Waals surface area contributed by atoms with Gasteiger partial charge in [-0.1, -0.05) is 6.92 Å². The van der Waals surface area contributed by atoms with Gasteiger partial charge in [-0.05, 0) is 0 Å². The van der Waals surface area contributed by atoms with Gasteiger partial charge in [-0.15, -0.1) is 0 Å². The van der Waals surface area contributed by atoms with Crippen molar-refractivity contribution in [2.45, 2.75) is 19.8 Å². The van der Waals surface area contributed by atoms with E-state index in [-0.39, 0.29) is 24.2 Å². The fourth-order valence-electron chi connectivity index (χ4n) is 1.39. The van der Waals surface area contributed by atoms with Gasteiger partial charge in [0.05, 0.1) is 6.33 Å². The summed E-state index contributed by atoms with van der Waals surface area (Å²) in [5.74, 6) is -0.536. The van der Waals surface area contributed by atoms with Crippen LogP contribution in [0.4, 0.5) is 0 Å². The van der Waals surface area contributed by atoms with Gasteiger partial charge in [-0.25, -0.2) is 4.98 Å². The lowest BCUT2D eigenvalue weighted by Gasteiger charge is -2.10. The molecular weight excluding hydrogens is 220 g/mol. The zero-order valence-corrected chi connectivity index (χ0v) is 10.1. The summed E-state index contributed by atoms with van der Waals surface area (Å²) < 4.78 is 0. The molecule has 6 nitrogen and oxygen atoms in total. The first-order chi connectivity index (χ1) is 8.13. The van der Waals surface area contributed by atoms with Gasteiger partial charge in [0.1, 0.15) is 0 Å². The first-order valence-corrected chi connectivity index (χ1v) is 5.59. The smallest absolute Gasteiger partial charge is 0.223 e. The Bertz CT molecular complexity index is 362. The molecule has 1 aromatic rings. The van der Waals surface area contributed by atoms with Gasteiger partial charge >= 0.3 is 0 Å². The second-order valence-electron chi connectivity index (χ2n) is 3.90. The Kier molecular flexibility index (Phi) is 5.19. The Balaban J connectivity index is 2.22. The van der Waals surface area contributed by atoms with Crippen LogP contribution in [0.25, 0.3) is 0 Å². The lowest BCUT2D eigenvalue weighted by molar-refractivity contribution is -0.129. The minimum atomic E-state index is -0.309. The molecule has 0 aliphatic heterocycles. The normalized spacial score (nSPS) is 11.9. The van der Waals surface area contributed by atoms with Crippen molar-refractivity contribution < 1.29 is 9.59 Å². The number of carbonyl (C=O) groups excluding carboxylic acids is 2. The highest BCUT2D eigenvalue weighted by molar-refractivity contribution is 5.85. The number of hydrogen-bond donors (Lipinski definition) is 3. The molecule has 17 heavy (non-hydrogen) atoms. The highest BCUT2D eigenvalue weighted by atomic mass is 16.2. The van der Waals surface area contributed by atoms with Crippen LogP contribution in [-0.2, 0) is 16.0 Å². The number of carbonyl (C=O) groups is 2. The Hall–Kier alpha value is -1.85. The Labute approximate surface area is 100 Å². The van der Waals surface area contributed by atoms with Crippen molar-refractivity contribution in [3.05, 3.63) is 18.2 Å². The molecular formula is C11H18N4O2. The van der Waals surface area contributed by atoms with Crippen LogP contribution in [-0.4, -0.2) is 35.4 Å². The van der Waals surface area contributed by atoms with Crippen molar-refractivity contribution >= 4 is 11.8 Å². The van der Waals surface area contributed by atoms with Crippen molar-refractivity contribution in [1.82, 2.24) is 20.6 Å². The Morgan fingerprint density at radius 1 is 1.53 bits per heavy atom. The standard InChI is InChI=1S/C11H18N4O2/c1-8(5-10(16)12-2)11(17)14-4-3-9-6-13-7-15-9/h6-8H,3-5H2,1-2H3,(H,12,16)(H,13,15)(H,14,17). The average molecular weight is 238 g/mol. The fourth-order valence-corrected chi connectivity index (χ4v) is 1.39. The van der Waals surface area contributed by atoms with Crippen molar-refractivity contribution in [2.24, 2.45) is 5.92 Å². The molecule has 0 radical (unpaired) electrons. The maximum atomic E-state index is 11.6. The van der Waals surface area contributed by atoms with Gasteiger partial charge in [0.25, 0.3) is 0 Å². The van der Waals surface area contributed by atoms with E-state index in [2.05, 4.69) is 20.6 Å². The molecule has 1 heterocycles. The molecule has 0 saturated carbocycles. The van der Waals surface area contributed by atoms with Gasteiger partial charge in [0, 0.05) is 44.2 Å². The molecule has 0 aromatic carbocycles. The van der Waals surface area contributed by atoms with Crippen molar-refractivity contribution in [1.29, 1.82) is 0 Å². The van der Waals surface area contributed by atoms with Crippen LogP contribution in [0, 0.1) is 5.92 Å². The van der Waals surface area contributed by atoms with Crippen molar-refractivity contribution in [2.75, 3.05) is 13.6 Å². The monoisotopic (exact) mass is 238 g/mol. The van der Waals surface area contributed by atoms with E-state index in [0.29, 0.717) is 13.0 Å². The molecule has 1 unspecified atom stereocenters. The van der Waals surface area contributed by atoms with Gasteiger partial charge in [-0.2, -0.15) is 0 Å². The fraction of sp³-hybridized carbons (Fsp3) is 0.545. The van der Waals surface area contributed by atoms with E-state index >= 15 is 0 Å². The van der Waals surface area contributed by atoms with E-state index in [0.717, 1.165) is 5.69 Å². The highest BCUT2D eigenvalue weighted by Gasteiger charge is 2.15. The maximum absolute atomic E-state index is 11.6. The first-order valence-electron chi connectivity index (χ1n) is 5.59. The second kappa shape index (κ2) is 6.67. The van der Waals surface area contributed by atoms with Crippen LogP contribution < -0.4 is 10.6 Å². The number of aromatic nitrogens is 2. The van der Waals surface area contributed by atoms with Crippen molar-refractivity contribution in [3.8, 4) is 0 Å². The third kappa shape index (κ3) is 4.67. The summed E-state index contributed by atoms with van der Waals surface area (Å²) in [4.78, 5) is 29.5. The molecule has 1 aromatic heterocycles. The van der Waals surface area contributed by atoms with Gasteiger partial charge in [-0.3, -0.25) is 9.59 Å². The number of aromatic amines is 1. The minimum Gasteiger partial charge on any atom is -0.359 e. The molecule has 0 saturated heterocycles. The number of nitrogens with zero attached hydrogens (tertiary/aromatic N) is 1. The number of nitrogens with one attached hydrogen (secondary N) is 3. The lowest BCUT2D eigenvalue weighted by Crippen LogP contribution is -2.33. The number of amides is 2. The molecule has 0 aliphatic carbocycles. The first kappa shape index (κ1) is 13.2. The molecule has 6 heteroatoms. The summed E-state index contributed by atoms with van der Waals surface area (Å²) in [7, 11) is 1.56. The maximum Gasteiger partial charge on any atom is 0.223 e. The van der Waals surface area contributed by atoms with E-state index < -0.39 is 0 Å². The molecule has 3 N–H and O–H groups in total. The summed E-state index contributed by atoms with van der Waals surface area (Å²) in [6.45, 7) is 2.28. The third-order valence-electron chi connectivity index (χ3n) is 2.47. The topological polar surface area (TPSA) is 86.9 Å². The van der Waals surface area contributed by atoms with Crippen LogP contribution in [0.3, 0.4) is 0 Å². The molecule has 0 fully saturated rings. The van der Waals surface area contributed by atoms with E-state index in [1.807, 2.05) is 0 Å². The SMILES string of the molecule is CNC(=O)CC(C)C(=O)NCCc1cnc[nH]1. The van der Waals surface area contributed by atoms with Crippen LogP contribution in [0.15, 0.2) is 12.5 Å². The number of rotatable bonds is 6. The van der Waals surface area contributed by atoms with Gasteiger partial charge < -0.3 is 15.6 Å². The largest absolute Gasteiger partial charge is 0.359 e. The van der Waals surface area contributed by atoms with E-state index in [4.69, 9.17) is 0 Å². The summed E-state index contributed by atoms with van der Waals surface area (Å²) in [5, 5.41) is 5.28. The summed E-state index contributed by atoms with van der Waals surface area (Å²) in [5.41, 5.74) is 0.976. The number of H-pyrrole nitrogens is 1. The van der Waals surface area contributed by atoms with E-state index in [1.54, 1.807) is 26.5 Å². The highest BCUT2D eigenvalue weighted by Crippen LogP contribution is 2.01. The quantitative estimate of drug-likeness (QED) is 0.643. The molecule has 2 amide bonds. The molecule has 0 aliphatic rings. The minimum absolute atomic E-state index is 0.104. The van der Waals surface area contributed by atoms with E-state index in [9.17, 15) is 9.59 Å². The Morgan fingerprint density at radius 2 is 2.29 bits per heavy atom. The predicted octanol–water partition coefficient (Wildman–Crippen LogP) is -0.159. The predicted molar refractivity (Wildman–Crippen MR) is 63.1 cm³/mol. The molecule has 1 atom stereocenters. The van der Waals surface area contributed by atoms with Crippen LogP contribution in [0.1, 0.15) is 19.0 Å². The third-order valence-corrected chi connectivity index (χ3v) is 2.47. The van der Waals surface area contributed by atoms with Crippen LogP contribution in [0.5, 0.6) is 0 Å². The number of imidazole rings is 1. The zero-order valence-electron chi connectivity index (χ0n) is 10.1. The van der Waals surface area contributed by atoms with E-state index in [1.165, 1.54) is 0 Å². The zero-order chi connectivity index (χ0) is 12.7. The number of hydrogen-bond acceptors (Lipinski definition) is 3. The van der Waals surface area contributed by atoms with Crippen LogP contribution >= 0.6 is 0 Å². The molecule has 0 spiro atoms. The van der Waals surface area contributed by atoms with Crippen molar-refractivity contribution in [3.63, 3.8) is 0 Å². The average Bonchev–Trinajstić information content (AvgIpc) is 2.81. The van der Waals surface area contributed by atoms with Gasteiger partial charge in [0.2, 0.25) is 11.8 Å².